The van der Waals surface area contributed by atoms with Gasteiger partial charge in [-0.1, -0.05) is 17.7 Å². The Morgan fingerprint density at radius 3 is 2.51 bits per heavy atom. The third-order valence-electron chi connectivity index (χ3n) is 8.01. The first-order valence-corrected chi connectivity index (χ1v) is 14.7. The van der Waals surface area contributed by atoms with Gasteiger partial charge in [-0.2, -0.15) is 0 Å². The van der Waals surface area contributed by atoms with Gasteiger partial charge in [-0.15, -0.1) is 0 Å². The number of aliphatic hydroxyl groups is 3. The van der Waals surface area contributed by atoms with Gasteiger partial charge in [0.25, 0.3) is 0 Å². The van der Waals surface area contributed by atoms with Crippen molar-refractivity contribution >= 4 is 23.5 Å². The SMILES string of the molecule is O=C(Cc1ccc(OCCCC2CCN(c3ncc(Cl)cn3)CC2)cc1F)N1CC[C@H](CNCC(O)(CO)CO)C1. The van der Waals surface area contributed by atoms with Crippen LogP contribution in [0.2, 0.25) is 5.02 Å². The first kappa shape index (κ1) is 31.4. The first-order chi connectivity index (χ1) is 19.8. The van der Waals surface area contributed by atoms with Gasteiger partial charge >= 0.3 is 0 Å². The number of piperidine rings is 1. The predicted octanol–water partition coefficient (Wildman–Crippen LogP) is 2.04. The van der Waals surface area contributed by atoms with Crippen molar-refractivity contribution in [3.8, 4) is 5.75 Å². The van der Waals surface area contributed by atoms with Crippen molar-refractivity contribution < 1.29 is 29.2 Å². The van der Waals surface area contributed by atoms with Gasteiger partial charge in [0.05, 0.1) is 43.7 Å². The molecule has 41 heavy (non-hydrogen) atoms. The molecular weight excluding hydrogens is 553 g/mol. The molecule has 2 aliphatic rings. The molecule has 1 aromatic carbocycles. The maximum atomic E-state index is 14.8. The smallest absolute Gasteiger partial charge is 0.227 e. The molecular formula is C29H41ClFN5O5. The number of nitrogens with one attached hydrogen (secondary N) is 1. The highest BCUT2D eigenvalue weighted by atomic mass is 35.5. The summed E-state index contributed by atoms with van der Waals surface area (Å²) in [5.41, 5.74) is -1.22. The zero-order valence-corrected chi connectivity index (χ0v) is 24.1. The number of rotatable bonds is 14. The summed E-state index contributed by atoms with van der Waals surface area (Å²) in [6, 6.07) is 4.70. The van der Waals surface area contributed by atoms with Gasteiger partial charge in [0.2, 0.25) is 11.9 Å². The van der Waals surface area contributed by atoms with Crippen LogP contribution >= 0.6 is 11.6 Å². The molecule has 12 heteroatoms. The van der Waals surface area contributed by atoms with Crippen LogP contribution in [0.5, 0.6) is 5.75 Å². The van der Waals surface area contributed by atoms with E-state index in [1.807, 2.05) is 0 Å². The number of likely N-dealkylation sites (tertiary alicyclic amines) is 1. The van der Waals surface area contributed by atoms with E-state index in [0.29, 0.717) is 48.5 Å². The van der Waals surface area contributed by atoms with E-state index in [4.69, 9.17) is 26.6 Å². The number of benzene rings is 1. The van der Waals surface area contributed by atoms with Crippen molar-refractivity contribution in [2.24, 2.45) is 11.8 Å². The van der Waals surface area contributed by atoms with Crippen LogP contribution in [0.15, 0.2) is 30.6 Å². The van der Waals surface area contributed by atoms with Gasteiger partial charge in [0, 0.05) is 38.8 Å². The molecule has 0 unspecified atom stereocenters. The fourth-order valence-corrected chi connectivity index (χ4v) is 5.48. The third kappa shape index (κ3) is 9.21. The molecule has 2 saturated heterocycles. The fraction of sp³-hybridized carbons (Fsp3) is 0.621. The van der Waals surface area contributed by atoms with E-state index in [1.165, 1.54) is 6.07 Å². The second kappa shape index (κ2) is 15.1. The van der Waals surface area contributed by atoms with Crippen molar-refractivity contribution in [3.05, 3.63) is 47.0 Å². The number of ether oxygens (including phenoxy) is 1. The number of halogens is 2. The third-order valence-corrected chi connectivity index (χ3v) is 8.21. The summed E-state index contributed by atoms with van der Waals surface area (Å²) in [7, 11) is 0. The second-order valence-electron chi connectivity index (χ2n) is 11.2. The molecule has 0 spiro atoms. The highest BCUT2D eigenvalue weighted by Gasteiger charge is 2.29. The molecule has 2 fully saturated rings. The maximum absolute atomic E-state index is 14.8. The molecule has 1 aromatic heterocycles. The van der Waals surface area contributed by atoms with Gasteiger partial charge in [0.1, 0.15) is 17.2 Å². The Morgan fingerprint density at radius 1 is 1.12 bits per heavy atom. The van der Waals surface area contributed by atoms with Crippen LogP contribution in [0.3, 0.4) is 0 Å². The summed E-state index contributed by atoms with van der Waals surface area (Å²) in [5.74, 6) is 1.40. The lowest BCUT2D eigenvalue weighted by Crippen LogP contribution is -2.48. The van der Waals surface area contributed by atoms with E-state index in [1.54, 1.807) is 29.4 Å². The van der Waals surface area contributed by atoms with Crippen molar-refractivity contribution in [3.63, 3.8) is 0 Å². The summed E-state index contributed by atoms with van der Waals surface area (Å²) < 4.78 is 20.6. The minimum Gasteiger partial charge on any atom is -0.493 e. The fourth-order valence-electron chi connectivity index (χ4n) is 5.38. The van der Waals surface area contributed by atoms with Crippen molar-refractivity contribution in [1.29, 1.82) is 0 Å². The van der Waals surface area contributed by atoms with Crippen LogP contribution < -0.4 is 15.0 Å². The monoisotopic (exact) mass is 593 g/mol. The van der Waals surface area contributed by atoms with Crippen LogP contribution in [0.25, 0.3) is 0 Å². The Morgan fingerprint density at radius 2 is 1.83 bits per heavy atom. The molecule has 0 aliphatic carbocycles. The average Bonchev–Trinajstić information content (AvgIpc) is 3.46. The summed E-state index contributed by atoms with van der Waals surface area (Å²) in [5, 5.41) is 31.9. The standard InChI is InChI=1S/C29H41ClFN5O5/c30-24-15-33-28(34-16-24)35-8-5-21(6-9-35)2-1-11-41-25-4-3-23(26(31)13-25)12-27(39)36-10-7-22(17-36)14-32-18-29(40,19-37)20-38/h3-4,13,15-16,21-22,32,37-38,40H,1-2,5-12,14,17-20H2/t22-/m1/s1. The highest BCUT2D eigenvalue weighted by molar-refractivity contribution is 6.30. The zero-order valence-electron chi connectivity index (χ0n) is 23.4. The van der Waals surface area contributed by atoms with Crippen LogP contribution in [0.1, 0.15) is 37.7 Å². The Labute approximate surface area is 245 Å². The predicted molar refractivity (Wildman–Crippen MR) is 153 cm³/mol. The highest BCUT2D eigenvalue weighted by Crippen LogP contribution is 2.25. The number of aliphatic hydroxyl groups excluding tert-OH is 2. The Hall–Kier alpha value is -2.57. The average molecular weight is 594 g/mol. The molecule has 4 N–H and O–H groups in total. The molecule has 2 aliphatic heterocycles. The largest absolute Gasteiger partial charge is 0.493 e. The molecule has 4 rings (SSSR count). The topological polar surface area (TPSA) is 131 Å². The second-order valence-corrected chi connectivity index (χ2v) is 11.7. The Bertz CT molecular complexity index is 1120. The van der Waals surface area contributed by atoms with Gasteiger partial charge < -0.3 is 35.2 Å². The zero-order chi connectivity index (χ0) is 29.2. The first-order valence-electron chi connectivity index (χ1n) is 14.3. The Balaban J connectivity index is 1.12. The van der Waals surface area contributed by atoms with E-state index in [-0.39, 0.29) is 24.8 Å². The lowest BCUT2D eigenvalue weighted by atomic mass is 9.92. The van der Waals surface area contributed by atoms with E-state index < -0.39 is 24.6 Å². The van der Waals surface area contributed by atoms with Gasteiger partial charge in [-0.05, 0) is 62.1 Å². The lowest BCUT2D eigenvalue weighted by molar-refractivity contribution is -0.129. The molecule has 2 aromatic rings. The van der Waals surface area contributed by atoms with Crippen molar-refractivity contribution in [2.75, 3.05) is 64.0 Å². The van der Waals surface area contributed by atoms with Crippen molar-refractivity contribution in [1.82, 2.24) is 20.2 Å². The molecule has 3 heterocycles. The molecule has 1 amide bonds. The van der Waals surface area contributed by atoms with Crippen LogP contribution in [0.4, 0.5) is 10.3 Å². The molecule has 1 atom stereocenters. The van der Waals surface area contributed by atoms with Gasteiger partial charge in [-0.3, -0.25) is 4.79 Å². The summed E-state index contributed by atoms with van der Waals surface area (Å²) in [4.78, 5) is 25.3. The van der Waals surface area contributed by atoms with Crippen LogP contribution in [0, 0.1) is 17.7 Å². The number of carbonyl (C=O) groups excluding carboxylic acids is 1. The van der Waals surface area contributed by atoms with Crippen LogP contribution in [-0.2, 0) is 11.2 Å². The molecule has 0 radical (unpaired) electrons. The maximum Gasteiger partial charge on any atom is 0.227 e. The number of hydrogen-bond donors (Lipinski definition) is 4. The molecule has 0 saturated carbocycles. The Kier molecular flexibility index (Phi) is 11.5. The minimum atomic E-state index is -1.56. The number of carbonyl (C=O) groups is 1. The van der Waals surface area contributed by atoms with Gasteiger partial charge in [0.15, 0.2) is 0 Å². The van der Waals surface area contributed by atoms with Crippen LogP contribution in [-0.4, -0.2) is 101 Å². The van der Waals surface area contributed by atoms with E-state index in [2.05, 4.69) is 20.2 Å². The van der Waals surface area contributed by atoms with Crippen molar-refractivity contribution in [2.45, 2.75) is 44.1 Å². The normalized spacial score (nSPS) is 18.2. The number of amides is 1. The summed E-state index contributed by atoms with van der Waals surface area (Å²) in [6.45, 7) is 2.99. The molecule has 10 nitrogen and oxygen atoms in total. The van der Waals surface area contributed by atoms with E-state index in [9.17, 15) is 14.3 Å². The number of aromatic nitrogens is 2. The number of anilines is 1. The number of hydrogen-bond acceptors (Lipinski definition) is 9. The molecule has 226 valence electrons. The van der Waals surface area contributed by atoms with Gasteiger partial charge in [-0.25, -0.2) is 14.4 Å². The van der Waals surface area contributed by atoms with E-state index in [0.717, 1.165) is 51.1 Å². The minimum absolute atomic E-state index is 0.0131. The molecule has 0 bridgehead atoms. The summed E-state index contributed by atoms with van der Waals surface area (Å²) in [6.07, 6.45) is 8.07. The van der Waals surface area contributed by atoms with E-state index >= 15 is 0 Å². The number of nitrogens with zero attached hydrogens (tertiary/aromatic N) is 4. The summed E-state index contributed by atoms with van der Waals surface area (Å²) >= 11 is 5.87. The lowest BCUT2D eigenvalue weighted by Gasteiger charge is -2.31. The quantitative estimate of drug-likeness (QED) is 0.243.